The molecule has 1 aromatic rings. The summed E-state index contributed by atoms with van der Waals surface area (Å²) in [6, 6.07) is 0.238. The number of nitrogen functional groups attached to an aromatic ring is 1. The van der Waals surface area contributed by atoms with Crippen LogP contribution in [0.2, 0.25) is 0 Å². The van der Waals surface area contributed by atoms with E-state index in [9.17, 15) is 0 Å². The smallest absolute Gasteiger partial charge is 0.323 e. The molecule has 0 bridgehead atoms. The van der Waals surface area contributed by atoms with Crippen LogP contribution in [0.4, 0.5) is 11.9 Å². The maximum atomic E-state index is 5.73. The van der Waals surface area contributed by atoms with Crippen molar-refractivity contribution in [3.8, 4) is 6.01 Å². The molecule has 0 unspecified atom stereocenters. The minimum absolute atomic E-state index is 0.0273. The molecule has 0 saturated heterocycles. The third-order valence-electron chi connectivity index (χ3n) is 2.59. The van der Waals surface area contributed by atoms with Crippen LogP contribution >= 0.6 is 0 Å². The molecule has 8 heteroatoms. The molecule has 8 nitrogen and oxygen atoms in total. The molecule has 1 aromatic heterocycles. The summed E-state index contributed by atoms with van der Waals surface area (Å²) in [5, 5.41) is 0. The van der Waals surface area contributed by atoms with Crippen LogP contribution in [-0.2, 0) is 9.47 Å². The number of rotatable bonds is 10. The normalized spacial score (nSPS) is 10.9. The second-order valence-corrected chi connectivity index (χ2v) is 4.77. The minimum atomic E-state index is -0.0273. The molecular formula is C13H25N5O3. The number of ether oxygens (including phenoxy) is 3. The molecule has 0 amide bonds. The summed E-state index contributed by atoms with van der Waals surface area (Å²) in [4.78, 5) is 14.5. The Morgan fingerprint density at radius 1 is 1.05 bits per heavy atom. The Morgan fingerprint density at radius 2 is 1.76 bits per heavy atom. The van der Waals surface area contributed by atoms with Crippen LogP contribution in [-0.4, -0.2) is 61.6 Å². The number of nitrogens with two attached hydrogens (primary N) is 1. The molecule has 0 aliphatic carbocycles. The van der Waals surface area contributed by atoms with Gasteiger partial charge in [0, 0.05) is 33.9 Å². The highest BCUT2D eigenvalue weighted by atomic mass is 16.5. The topological polar surface area (TPSA) is 95.6 Å². The Hall–Kier alpha value is -1.67. The van der Waals surface area contributed by atoms with Crippen LogP contribution in [0.3, 0.4) is 0 Å². The highest BCUT2D eigenvalue weighted by molar-refractivity contribution is 5.35. The maximum Gasteiger partial charge on any atom is 0.323 e. The standard InChI is InChI=1S/C13H25N5O3/c1-10(2)21-13-16-11(14)15-12(17-13)18(7-9-20-4)6-5-8-19-3/h10H,5-9H2,1-4H3,(H2,14,15,16,17). The lowest BCUT2D eigenvalue weighted by atomic mass is 10.4. The fourth-order valence-corrected chi connectivity index (χ4v) is 1.68. The predicted octanol–water partition coefficient (Wildman–Crippen LogP) is 0.730. The average molecular weight is 299 g/mol. The lowest BCUT2D eigenvalue weighted by Crippen LogP contribution is -2.31. The molecule has 0 aliphatic heterocycles. The molecule has 0 fully saturated rings. The van der Waals surface area contributed by atoms with E-state index in [0.717, 1.165) is 13.0 Å². The number of hydrogen-bond acceptors (Lipinski definition) is 8. The molecule has 0 aliphatic rings. The van der Waals surface area contributed by atoms with Crippen molar-refractivity contribution >= 4 is 11.9 Å². The SMILES string of the molecule is COCCCN(CCOC)c1nc(N)nc(OC(C)C)n1. The van der Waals surface area contributed by atoms with Gasteiger partial charge in [-0.25, -0.2) is 0 Å². The molecular weight excluding hydrogens is 274 g/mol. The average Bonchev–Trinajstić information content (AvgIpc) is 2.41. The molecule has 0 saturated carbocycles. The van der Waals surface area contributed by atoms with Crippen molar-refractivity contribution in [3.63, 3.8) is 0 Å². The first-order chi connectivity index (χ1) is 10.1. The summed E-state index contributed by atoms with van der Waals surface area (Å²) in [5.41, 5.74) is 5.73. The van der Waals surface area contributed by atoms with E-state index in [1.807, 2.05) is 18.7 Å². The van der Waals surface area contributed by atoms with Gasteiger partial charge in [-0.1, -0.05) is 0 Å². The van der Waals surface area contributed by atoms with Crippen molar-refractivity contribution in [1.82, 2.24) is 15.0 Å². The van der Waals surface area contributed by atoms with Gasteiger partial charge < -0.3 is 24.8 Å². The van der Waals surface area contributed by atoms with E-state index in [-0.39, 0.29) is 18.1 Å². The Bertz CT molecular complexity index is 417. The summed E-state index contributed by atoms with van der Waals surface area (Å²) in [6.07, 6.45) is 0.826. The summed E-state index contributed by atoms with van der Waals surface area (Å²) >= 11 is 0. The zero-order valence-corrected chi connectivity index (χ0v) is 13.2. The van der Waals surface area contributed by atoms with E-state index in [1.54, 1.807) is 14.2 Å². The Kier molecular flexibility index (Phi) is 7.70. The van der Waals surface area contributed by atoms with Crippen molar-refractivity contribution in [3.05, 3.63) is 0 Å². The lowest BCUT2D eigenvalue weighted by Gasteiger charge is -2.22. The summed E-state index contributed by atoms with van der Waals surface area (Å²) in [6.45, 7) is 6.44. The van der Waals surface area contributed by atoms with Crippen molar-refractivity contribution in [1.29, 1.82) is 0 Å². The third-order valence-corrected chi connectivity index (χ3v) is 2.59. The fraction of sp³-hybridized carbons (Fsp3) is 0.769. The van der Waals surface area contributed by atoms with Gasteiger partial charge in [-0.2, -0.15) is 15.0 Å². The van der Waals surface area contributed by atoms with Gasteiger partial charge in [0.2, 0.25) is 11.9 Å². The van der Waals surface area contributed by atoms with E-state index in [4.69, 9.17) is 19.9 Å². The largest absolute Gasteiger partial charge is 0.461 e. The van der Waals surface area contributed by atoms with Crippen molar-refractivity contribution in [2.24, 2.45) is 0 Å². The minimum Gasteiger partial charge on any atom is -0.461 e. The number of methoxy groups -OCH3 is 2. The van der Waals surface area contributed by atoms with Gasteiger partial charge >= 0.3 is 6.01 Å². The number of anilines is 2. The van der Waals surface area contributed by atoms with Crippen LogP contribution in [0.15, 0.2) is 0 Å². The third kappa shape index (κ3) is 6.54. The molecule has 1 rings (SSSR count). The van der Waals surface area contributed by atoms with Gasteiger partial charge in [-0.15, -0.1) is 0 Å². The monoisotopic (exact) mass is 299 g/mol. The van der Waals surface area contributed by atoms with E-state index < -0.39 is 0 Å². The molecule has 0 aromatic carbocycles. The number of hydrogen-bond donors (Lipinski definition) is 1. The maximum absolute atomic E-state index is 5.73. The van der Waals surface area contributed by atoms with Crippen LogP contribution in [0, 0.1) is 0 Å². The van der Waals surface area contributed by atoms with Gasteiger partial charge in [-0.3, -0.25) is 0 Å². The molecule has 0 spiro atoms. The van der Waals surface area contributed by atoms with Crippen molar-refractivity contribution < 1.29 is 14.2 Å². The summed E-state index contributed by atoms with van der Waals surface area (Å²) < 4.78 is 15.7. The van der Waals surface area contributed by atoms with Gasteiger partial charge in [0.25, 0.3) is 0 Å². The lowest BCUT2D eigenvalue weighted by molar-refractivity contribution is 0.190. The summed E-state index contributed by atoms with van der Waals surface area (Å²) in [7, 11) is 3.33. The van der Waals surface area contributed by atoms with E-state index >= 15 is 0 Å². The van der Waals surface area contributed by atoms with Crippen LogP contribution in [0.1, 0.15) is 20.3 Å². The molecule has 0 radical (unpaired) electrons. The molecule has 120 valence electrons. The number of aromatic nitrogens is 3. The predicted molar refractivity (Wildman–Crippen MR) is 80.6 cm³/mol. The molecule has 1 heterocycles. The second-order valence-electron chi connectivity index (χ2n) is 4.77. The highest BCUT2D eigenvalue weighted by Crippen LogP contribution is 2.14. The molecule has 2 N–H and O–H groups in total. The van der Waals surface area contributed by atoms with E-state index in [0.29, 0.717) is 25.7 Å². The zero-order valence-electron chi connectivity index (χ0n) is 13.2. The van der Waals surface area contributed by atoms with Gasteiger partial charge in [0.1, 0.15) is 0 Å². The van der Waals surface area contributed by atoms with Crippen molar-refractivity contribution in [2.45, 2.75) is 26.4 Å². The van der Waals surface area contributed by atoms with Gasteiger partial charge in [0.05, 0.1) is 12.7 Å². The first kappa shape index (κ1) is 17.4. The van der Waals surface area contributed by atoms with E-state index in [2.05, 4.69) is 15.0 Å². The molecule has 0 atom stereocenters. The highest BCUT2D eigenvalue weighted by Gasteiger charge is 2.14. The van der Waals surface area contributed by atoms with Gasteiger partial charge in [-0.05, 0) is 20.3 Å². The quantitative estimate of drug-likeness (QED) is 0.632. The Morgan fingerprint density at radius 3 is 2.38 bits per heavy atom. The first-order valence-electron chi connectivity index (χ1n) is 6.97. The van der Waals surface area contributed by atoms with Crippen LogP contribution < -0.4 is 15.4 Å². The van der Waals surface area contributed by atoms with Crippen molar-refractivity contribution in [2.75, 3.05) is 51.2 Å². The first-order valence-corrected chi connectivity index (χ1v) is 6.97. The Labute approximate surface area is 125 Å². The number of nitrogens with zero attached hydrogens (tertiary/aromatic N) is 4. The second kappa shape index (κ2) is 9.30. The molecule has 21 heavy (non-hydrogen) atoms. The fourth-order valence-electron chi connectivity index (χ4n) is 1.68. The Balaban J connectivity index is 2.85. The van der Waals surface area contributed by atoms with Crippen LogP contribution in [0.5, 0.6) is 6.01 Å². The van der Waals surface area contributed by atoms with Crippen LogP contribution in [0.25, 0.3) is 0 Å². The zero-order chi connectivity index (χ0) is 15.7. The summed E-state index contributed by atoms with van der Waals surface area (Å²) in [5.74, 6) is 0.635. The van der Waals surface area contributed by atoms with E-state index in [1.165, 1.54) is 0 Å². The van der Waals surface area contributed by atoms with Gasteiger partial charge in [0.15, 0.2) is 0 Å².